The lowest BCUT2D eigenvalue weighted by Crippen LogP contribution is -2.25. The van der Waals surface area contributed by atoms with Crippen LogP contribution in [0.5, 0.6) is 5.75 Å². The Morgan fingerprint density at radius 1 is 1.27 bits per heavy atom. The molecule has 0 aliphatic carbocycles. The third kappa shape index (κ3) is 10.1. The van der Waals surface area contributed by atoms with Gasteiger partial charge in [0.15, 0.2) is 0 Å². The number of phenolic OH excluding ortho intramolecular Hbond substituents is 1. The number of hydrogen-bond acceptors (Lipinski definition) is 9. The fraction of sp³-hybridized carbons (Fsp3) is 0.333. The van der Waals surface area contributed by atoms with E-state index in [1.807, 2.05) is 0 Å². The molecule has 0 spiro atoms. The van der Waals surface area contributed by atoms with E-state index in [4.69, 9.17) is 9.47 Å². The summed E-state index contributed by atoms with van der Waals surface area (Å²) in [5.41, 5.74) is 1.09. The molecule has 37 heavy (non-hydrogen) atoms. The van der Waals surface area contributed by atoms with E-state index in [-0.39, 0.29) is 30.6 Å². The molecule has 1 aromatic carbocycles. The van der Waals surface area contributed by atoms with Crippen molar-refractivity contribution in [1.29, 1.82) is 0 Å². The molecule has 0 bridgehead atoms. The monoisotopic (exact) mass is 512 g/mol. The van der Waals surface area contributed by atoms with Crippen LogP contribution in [0.3, 0.4) is 0 Å². The molecular weight excluding hydrogens is 480 g/mol. The van der Waals surface area contributed by atoms with Crippen LogP contribution in [0.25, 0.3) is 0 Å². The van der Waals surface area contributed by atoms with Gasteiger partial charge in [-0.2, -0.15) is 0 Å². The van der Waals surface area contributed by atoms with Crippen LogP contribution < -0.4 is 5.32 Å². The van der Waals surface area contributed by atoms with Crippen molar-refractivity contribution in [3.05, 3.63) is 77.6 Å². The third-order valence-electron chi connectivity index (χ3n) is 5.24. The number of aromatic hydroxyl groups is 1. The Hall–Kier alpha value is -4.18. The van der Waals surface area contributed by atoms with Crippen molar-refractivity contribution in [3.63, 3.8) is 0 Å². The topological polar surface area (TPSA) is 144 Å². The number of nitrogens with zero attached hydrogens (tertiary/aromatic N) is 1. The number of nitrogens with one attached hydrogen (secondary N) is 1. The summed E-state index contributed by atoms with van der Waals surface area (Å²) >= 11 is 0. The van der Waals surface area contributed by atoms with Crippen LogP contribution in [0.15, 0.2) is 71.6 Å². The number of esters is 2. The first-order valence-electron chi connectivity index (χ1n) is 11.6. The number of aliphatic hydroxyl groups is 1. The van der Waals surface area contributed by atoms with E-state index in [1.165, 1.54) is 49.9 Å². The van der Waals surface area contributed by atoms with Gasteiger partial charge in [-0.3, -0.25) is 9.59 Å². The summed E-state index contributed by atoms with van der Waals surface area (Å²) in [6.07, 6.45) is 9.26. The first kappa shape index (κ1) is 29.1. The number of rotatable bonds is 6. The Labute approximate surface area is 215 Å². The minimum atomic E-state index is -0.936. The SMILES string of the molecule is CO/N=C/C=C\C(=O)N/C=C/CC1CC(=O)O[C@H](C)/C=C/[C@@H](O)/C(C)=C/Cc2cccc(O)c2C(=O)O1. The van der Waals surface area contributed by atoms with Crippen LogP contribution in [0, 0.1) is 0 Å². The third-order valence-corrected chi connectivity index (χ3v) is 5.24. The number of cyclic esters (lactones) is 2. The number of hydrogen-bond donors (Lipinski definition) is 3. The van der Waals surface area contributed by atoms with E-state index in [9.17, 15) is 24.6 Å². The van der Waals surface area contributed by atoms with E-state index in [1.54, 1.807) is 38.1 Å². The molecule has 10 heteroatoms. The fourth-order valence-corrected chi connectivity index (χ4v) is 3.30. The second-order valence-corrected chi connectivity index (χ2v) is 8.16. The largest absolute Gasteiger partial charge is 0.507 e. The van der Waals surface area contributed by atoms with Crippen molar-refractivity contribution in [1.82, 2.24) is 5.32 Å². The van der Waals surface area contributed by atoms with Crippen LogP contribution in [0.2, 0.25) is 0 Å². The lowest BCUT2D eigenvalue weighted by Gasteiger charge is -2.18. The highest BCUT2D eigenvalue weighted by Crippen LogP contribution is 2.25. The van der Waals surface area contributed by atoms with Crippen molar-refractivity contribution in [2.45, 2.75) is 51.4 Å². The minimum absolute atomic E-state index is 0.0293. The van der Waals surface area contributed by atoms with Crippen molar-refractivity contribution in [3.8, 4) is 5.75 Å². The highest BCUT2D eigenvalue weighted by Gasteiger charge is 2.24. The van der Waals surface area contributed by atoms with E-state index >= 15 is 0 Å². The molecule has 10 nitrogen and oxygen atoms in total. The maximum atomic E-state index is 13.1. The normalized spacial score (nSPS) is 23.9. The van der Waals surface area contributed by atoms with Crippen molar-refractivity contribution in [2.24, 2.45) is 5.16 Å². The molecule has 0 saturated heterocycles. The number of phenols is 1. The van der Waals surface area contributed by atoms with Crippen molar-refractivity contribution in [2.75, 3.05) is 7.11 Å². The van der Waals surface area contributed by atoms with Gasteiger partial charge < -0.3 is 29.8 Å². The molecule has 1 amide bonds. The summed E-state index contributed by atoms with van der Waals surface area (Å²) in [5.74, 6) is -2.12. The predicted molar refractivity (Wildman–Crippen MR) is 137 cm³/mol. The van der Waals surface area contributed by atoms with Crippen LogP contribution in [-0.2, 0) is 30.3 Å². The van der Waals surface area contributed by atoms with Gasteiger partial charge in [0.1, 0.15) is 30.6 Å². The fourth-order valence-electron chi connectivity index (χ4n) is 3.30. The molecule has 0 saturated carbocycles. The van der Waals surface area contributed by atoms with Crippen LogP contribution >= 0.6 is 0 Å². The zero-order valence-corrected chi connectivity index (χ0v) is 21.0. The molecule has 1 aliphatic heterocycles. The Kier molecular flexibility index (Phi) is 11.8. The lowest BCUT2D eigenvalue weighted by atomic mass is 10.0. The smallest absolute Gasteiger partial charge is 0.342 e. The Bertz CT molecular complexity index is 1100. The molecule has 2 rings (SSSR count). The molecule has 0 radical (unpaired) electrons. The molecule has 1 aromatic rings. The second-order valence-electron chi connectivity index (χ2n) is 8.16. The number of amides is 1. The van der Waals surface area contributed by atoms with Gasteiger partial charge in [0, 0.05) is 18.7 Å². The average molecular weight is 513 g/mol. The molecule has 0 aromatic heterocycles. The van der Waals surface area contributed by atoms with Gasteiger partial charge in [-0.1, -0.05) is 35.5 Å². The van der Waals surface area contributed by atoms with Gasteiger partial charge in [0.05, 0.1) is 18.7 Å². The summed E-state index contributed by atoms with van der Waals surface area (Å²) in [7, 11) is 1.38. The van der Waals surface area contributed by atoms with Gasteiger partial charge in [-0.25, -0.2) is 4.79 Å². The van der Waals surface area contributed by atoms with E-state index in [0.717, 1.165) is 0 Å². The van der Waals surface area contributed by atoms with E-state index < -0.39 is 36.2 Å². The average Bonchev–Trinajstić information content (AvgIpc) is 2.85. The summed E-state index contributed by atoms with van der Waals surface area (Å²) in [4.78, 5) is 41.9. The molecule has 1 aliphatic rings. The van der Waals surface area contributed by atoms with Gasteiger partial charge in [0.25, 0.3) is 0 Å². The second kappa shape index (κ2) is 15.0. The molecule has 0 fully saturated rings. The van der Waals surface area contributed by atoms with Crippen LogP contribution in [0.1, 0.15) is 42.6 Å². The molecule has 198 valence electrons. The molecule has 1 heterocycles. The van der Waals surface area contributed by atoms with Crippen molar-refractivity contribution < 1.29 is 38.9 Å². The lowest BCUT2D eigenvalue weighted by molar-refractivity contribution is -0.148. The number of benzene rings is 1. The molecule has 3 atom stereocenters. The summed E-state index contributed by atoms with van der Waals surface area (Å²) < 4.78 is 10.9. The van der Waals surface area contributed by atoms with Crippen molar-refractivity contribution >= 4 is 24.1 Å². The number of ether oxygens (including phenoxy) is 2. The van der Waals surface area contributed by atoms with Gasteiger partial charge in [-0.15, -0.1) is 0 Å². The van der Waals surface area contributed by atoms with E-state index in [2.05, 4.69) is 15.3 Å². The van der Waals surface area contributed by atoms with E-state index in [0.29, 0.717) is 11.1 Å². The maximum absolute atomic E-state index is 13.1. The molecule has 1 unspecified atom stereocenters. The standard InChI is InChI=1S/C27H32N2O8/c1-18-11-13-20-7-4-9-23(31)26(20)27(34)37-21(17-25(33)36-19(2)12-14-22(18)30)8-5-15-28-24(32)10-6-16-29-35-3/h4-7,9-12,14-16,19,21-22,30-31H,8,13,17H2,1-3H3,(H,28,32)/b10-6-,14-12+,15-5+,18-11+,29-16+/t19-,21?,22-/m1/s1. The molecule has 3 N–H and O–H groups in total. The Morgan fingerprint density at radius 2 is 2.05 bits per heavy atom. The molecular formula is C27H32N2O8. The predicted octanol–water partition coefficient (Wildman–Crippen LogP) is 2.87. The van der Waals surface area contributed by atoms with Gasteiger partial charge in [-0.05, 0) is 49.6 Å². The zero-order chi connectivity index (χ0) is 27.2. The number of aliphatic hydroxyl groups excluding tert-OH is 1. The number of carbonyl (C=O) groups excluding carboxylic acids is 3. The maximum Gasteiger partial charge on any atom is 0.342 e. The zero-order valence-electron chi connectivity index (χ0n) is 21.0. The minimum Gasteiger partial charge on any atom is -0.507 e. The summed E-state index contributed by atoms with van der Waals surface area (Å²) in [6.45, 7) is 3.38. The summed E-state index contributed by atoms with van der Waals surface area (Å²) in [6, 6.07) is 4.65. The van der Waals surface area contributed by atoms with Gasteiger partial charge in [0.2, 0.25) is 5.91 Å². The quantitative estimate of drug-likeness (QED) is 0.174. The van der Waals surface area contributed by atoms with Gasteiger partial charge >= 0.3 is 11.9 Å². The summed E-state index contributed by atoms with van der Waals surface area (Å²) in [5, 5.41) is 26.7. The number of carbonyl (C=O) groups is 3. The number of allylic oxidation sites excluding steroid dienone is 2. The van der Waals surface area contributed by atoms with Crippen LogP contribution in [-0.4, -0.2) is 59.7 Å². The highest BCUT2D eigenvalue weighted by molar-refractivity contribution is 5.94. The highest BCUT2D eigenvalue weighted by atomic mass is 16.6. The van der Waals surface area contributed by atoms with Crippen LogP contribution in [0.4, 0.5) is 0 Å². The number of oxime groups is 1. The Balaban J connectivity index is 2.25. The number of fused-ring (bicyclic) bond motifs is 1. The Morgan fingerprint density at radius 3 is 2.81 bits per heavy atom. The first-order valence-corrected chi connectivity index (χ1v) is 11.6. The first-order chi connectivity index (χ1) is 17.7.